The molecular weight excluding hydrogens is 483 g/mol. The van der Waals surface area contributed by atoms with Crippen molar-refractivity contribution in [3.05, 3.63) is 59.4 Å². The first-order valence-corrected chi connectivity index (χ1v) is 12.5. The Kier molecular flexibility index (Phi) is 6.76. The van der Waals surface area contributed by atoms with Crippen LogP contribution in [0.3, 0.4) is 0 Å². The summed E-state index contributed by atoms with van der Waals surface area (Å²) in [6.07, 6.45) is -0.236. The number of nitrogens with zero attached hydrogens (tertiary/aromatic N) is 5. The summed E-state index contributed by atoms with van der Waals surface area (Å²) in [6, 6.07) is 8.31. The summed E-state index contributed by atoms with van der Waals surface area (Å²) in [7, 11) is 1.92. The second-order valence-electron chi connectivity index (χ2n) is 9.96. The summed E-state index contributed by atoms with van der Waals surface area (Å²) in [5.74, 6) is 1.35. The third-order valence-electron chi connectivity index (χ3n) is 7.17. The minimum Gasteiger partial charge on any atom is -0.392 e. The Balaban J connectivity index is 1.61. The molecule has 0 bridgehead atoms. The summed E-state index contributed by atoms with van der Waals surface area (Å²) in [4.78, 5) is 3.93. The number of nitrogens with one attached hydrogen (secondary N) is 2. The maximum Gasteiger partial charge on any atom is 0.433 e. The maximum atomic E-state index is 13.8. The van der Waals surface area contributed by atoms with Crippen LogP contribution in [0.5, 0.6) is 0 Å². The van der Waals surface area contributed by atoms with E-state index < -0.39 is 24.0 Å². The molecule has 3 N–H and O–H groups in total. The fourth-order valence-corrected chi connectivity index (χ4v) is 5.02. The van der Waals surface area contributed by atoms with Crippen molar-refractivity contribution in [3.8, 4) is 11.3 Å². The van der Waals surface area contributed by atoms with Crippen molar-refractivity contribution in [3.63, 3.8) is 0 Å². The molecule has 3 aromatic heterocycles. The molecule has 1 saturated carbocycles. The molecule has 0 saturated heterocycles. The van der Waals surface area contributed by atoms with Crippen molar-refractivity contribution in [2.24, 2.45) is 13.0 Å². The van der Waals surface area contributed by atoms with E-state index in [0.717, 1.165) is 30.3 Å². The van der Waals surface area contributed by atoms with Gasteiger partial charge < -0.3 is 15.0 Å². The first-order chi connectivity index (χ1) is 17.6. The van der Waals surface area contributed by atoms with E-state index in [4.69, 9.17) is 0 Å². The lowest BCUT2D eigenvalue weighted by Gasteiger charge is -2.33. The van der Waals surface area contributed by atoms with Gasteiger partial charge in [-0.15, -0.1) is 10.2 Å². The van der Waals surface area contributed by atoms with Gasteiger partial charge >= 0.3 is 6.18 Å². The maximum absolute atomic E-state index is 13.8. The summed E-state index contributed by atoms with van der Waals surface area (Å²) >= 11 is 0. The van der Waals surface area contributed by atoms with Crippen LogP contribution < -0.4 is 5.32 Å². The fourth-order valence-electron chi connectivity index (χ4n) is 5.02. The van der Waals surface area contributed by atoms with E-state index in [1.807, 2.05) is 35.9 Å². The largest absolute Gasteiger partial charge is 0.433 e. The molecule has 0 spiro atoms. The number of hydrogen-bond acceptors (Lipinski definition) is 6. The van der Waals surface area contributed by atoms with Gasteiger partial charge in [-0.05, 0) is 50.3 Å². The highest BCUT2D eigenvalue weighted by Gasteiger charge is 2.35. The molecule has 3 atom stereocenters. The molecule has 11 heteroatoms. The molecule has 3 unspecified atom stereocenters. The minimum atomic E-state index is -4.62. The smallest absolute Gasteiger partial charge is 0.392 e. The molecule has 3 heterocycles. The van der Waals surface area contributed by atoms with Gasteiger partial charge in [0, 0.05) is 36.5 Å². The molecule has 8 nitrogen and oxygen atoms in total. The van der Waals surface area contributed by atoms with Crippen molar-refractivity contribution in [2.75, 3.05) is 6.54 Å². The lowest BCUT2D eigenvalue weighted by atomic mass is 9.72. The third-order valence-corrected chi connectivity index (χ3v) is 7.17. The van der Waals surface area contributed by atoms with E-state index in [-0.39, 0.29) is 18.2 Å². The van der Waals surface area contributed by atoms with Crippen molar-refractivity contribution < 1.29 is 18.3 Å². The molecule has 196 valence electrons. The number of benzene rings is 1. The predicted octanol–water partition coefficient (Wildman–Crippen LogP) is 4.74. The lowest BCUT2D eigenvalue weighted by molar-refractivity contribution is -0.141. The van der Waals surface area contributed by atoms with Crippen LogP contribution in [0.25, 0.3) is 22.2 Å². The molecule has 1 fully saturated rings. The number of hydrogen-bond donors (Lipinski definition) is 3. The molecule has 1 aliphatic carbocycles. The normalized spacial score (nSPS) is 17.1. The van der Waals surface area contributed by atoms with E-state index in [0.29, 0.717) is 28.1 Å². The summed E-state index contributed by atoms with van der Waals surface area (Å²) in [5, 5.41) is 28.8. The number of fused-ring (bicyclic) bond motifs is 1. The number of aromatic amines is 1. The van der Waals surface area contributed by atoms with Gasteiger partial charge in [0.25, 0.3) is 0 Å². The molecule has 37 heavy (non-hydrogen) atoms. The van der Waals surface area contributed by atoms with Gasteiger partial charge in [-0.3, -0.25) is 5.10 Å². The first kappa shape index (κ1) is 25.3. The number of aromatic nitrogens is 6. The van der Waals surface area contributed by atoms with E-state index >= 15 is 0 Å². The van der Waals surface area contributed by atoms with E-state index in [1.54, 1.807) is 20.2 Å². The Morgan fingerprint density at radius 2 is 2.00 bits per heavy atom. The Morgan fingerprint density at radius 1 is 1.22 bits per heavy atom. The van der Waals surface area contributed by atoms with Crippen molar-refractivity contribution in [1.29, 1.82) is 0 Å². The van der Waals surface area contributed by atoms with Crippen molar-refractivity contribution in [1.82, 2.24) is 35.3 Å². The molecular formula is C26H30F3N7O. The summed E-state index contributed by atoms with van der Waals surface area (Å²) in [6.45, 7) is 3.54. The van der Waals surface area contributed by atoms with Crippen LogP contribution >= 0.6 is 0 Å². The number of rotatable bonds is 8. The fraction of sp³-hybridized carbons (Fsp3) is 0.462. The lowest BCUT2D eigenvalue weighted by Crippen LogP contribution is -2.28. The zero-order valence-electron chi connectivity index (χ0n) is 20.9. The van der Waals surface area contributed by atoms with Gasteiger partial charge in [0.1, 0.15) is 23.5 Å². The monoisotopic (exact) mass is 513 g/mol. The molecule has 4 aromatic rings. The standard InChI is InChI=1S/C26H30F3N7O/c1-14(37)12-30-15(2)22-24-19(11-20(32-22)26(27,28)29)23(33-34-24)18-9-5-8-17(10-18)21(16-6-4-7-16)25-35-31-13-36(25)3/h5,8-11,13-16,21,30,37H,4,6-7,12H2,1-3H3,(H,33,34). The zero-order chi connectivity index (χ0) is 26.3. The second-order valence-corrected chi connectivity index (χ2v) is 9.96. The minimum absolute atomic E-state index is 0.0408. The number of aliphatic hydroxyl groups is 1. The quantitative estimate of drug-likeness (QED) is 0.315. The van der Waals surface area contributed by atoms with Crippen LogP contribution in [0.1, 0.15) is 67.8 Å². The molecule has 0 aliphatic heterocycles. The Labute approximate surface area is 212 Å². The third kappa shape index (κ3) is 4.97. The van der Waals surface area contributed by atoms with Crippen molar-refractivity contribution >= 4 is 10.9 Å². The van der Waals surface area contributed by atoms with Gasteiger partial charge in [-0.2, -0.15) is 18.3 Å². The van der Waals surface area contributed by atoms with Gasteiger partial charge in [-0.1, -0.05) is 24.6 Å². The van der Waals surface area contributed by atoms with Crippen LogP contribution in [0.2, 0.25) is 0 Å². The average Bonchev–Trinajstić information content (AvgIpc) is 3.44. The Bertz CT molecular complexity index is 1390. The summed E-state index contributed by atoms with van der Waals surface area (Å²) < 4.78 is 43.5. The molecule has 5 rings (SSSR count). The SMILES string of the molecule is CC(O)CNC(C)c1nc(C(F)(F)F)cc2c(-c3cccc(C(c4nncn4C)C4CCC4)c3)n[nH]c12. The highest BCUT2D eigenvalue weighted by molar-refractivity contribution is 5.94. The Hall–Kier alpha value is -3.31. The van der Waals surface area contributed by atoms with E-state index in [9.17, 15) is 18.3 Å². The van der Waals surface area contributed by atoms with Gasteiger partial charge in [0.05, 0.1) is 17.3 Å². The molecule has 1 aromatic carbocycles. The van der Waals surface area contributed by atoms with Crippen LogP contribution in [0.4, 0.5) is 13.2 Å². The van der Waals surface area contributed by atoms with Crippen molar-refractivity contribution in [2.45, 2.75) is 57.3 Å². The second kappa shape index (κ2) is 9.86. The molecule has 1 aliphatic rings. The first-order valence-electron chi connectivity index (χ1n) is 12.5. The zero-order valence-corrected chi connectivity index (χ0v) is 20.9. The topological polar surface area (TPSA) is 105 Å². The average molecular weight is 514 g/mol. The number of H-pyrrole nitrogens is 1. The number of aliphatic hydroxyl groups excluding tert-OH is 1. The number of alkyl halides is 3. The van der Waals surface area contributed by atoms with Crippen LogP contribution in [0.15, 0.2) is 36.7 Å². The predicted molar refractivity (Wildman–Crippen MR) is 133 cm³/mol. The van der Waals surface area contributed by atoms with Crippen LogP contribution in [-0.4, -0.2) is 47.7 Å². The van der Waals surface area contributed by atoms with Gasteiger partial charge in [-0.25, -0.2) is 4.98 Å². The van der Waals surface area contributed by atoms with E-state index in [1.165, 1.54) is 6.42 Å². The van der Waals surface area contributed by atoms with Crippen LogP contribution in [0, 0.1) is 5.92 Å². The number of aryl methyl sites for hydroxylation is 1. The molecule has 0 radical (unpaired) electrons. The molecule has 0 amide bonds. The highest BCUT2D eigenvalue weighted by Crippen LogP contribution is 2.43. The van der Waals surface area contributed by atoms with Gasteiger partial charge in [0.2, 0.25) is 0 Å². The van der Waals surface area contributed by atoms with Gasteiger partial charge in [0.15, 0.2) is 0 Å². The van der Waals surface area contributed by atoms with E-state index in [2.05, 4.69) is 30.7 Å². The number of halogens is 3. The highest BCUT2D eigenvalue weighted by atomic mass is 19.4. The number of pyridine rings is 1. The Morgan fingerprint density at radius 3 is 2.62 bits per heavy atom. The summed E-state index contributed by atoms with van der Waals surface area (Å²) in [5.41, 5.74) is 1.83. The van der Waals surface area contributed by atoms with Crippen LogP contribution in [-0.2, 0) is 13.2 Å².